The number of carbonyl (C=O) groups excluding carboxylic acids is 1. The van der Waals surface area contributed by atoms with Crippen LogP contribution in [-0.2, 0) is 14.3 Å². The number of rotatable bonds is 22. The number of carbonyl (C=O) groups is 2. The van der Waals surface area contributed by atoms with E-state index in [0.29, 0.717) is 0 Å². The first kappa shape index (κ1) is 34.6. The van der Waals surface area contributed by atoms with Crippen LogP contribution in [0.4, 0.5) is 0 Å². The summed E-state index contributed by atoms with van der Waals surface area (Å²) >= 11 is -0.839. The molecule has 0 aromatic heterocycles. The van der Waals surface area contributed by atoms with Gasteiger partial charge in [0.15, 0.2) is 0 Å². The zero-order valence-electron chi connectivity index (χ0n) is 22.5. The predicted octanol–water partition coefficient (Wildman–Crippen LogP) is 9.32. The number of hydrogen-bond acceptors (Lipinski definition) is 3. The summed E-state index contributed by atoms with van der Waals surface area (Å²) in [7, 11) is 0. The molecule has 0 amide bonds. The van der Waals surface area contributed by atoms with Gasteiger partial charge in [0, 0.05) is 0 Å². The standard InChI is InChI=1S/C16H28O4.3C4H9.Sn/c1-2-3-4-5-6-7-8-9-10-11-14-20-16(19)13-12-15(17)18;3*1-3-4-2;/h11,14H,2-10,12-13H2,1H3,(H,17,18);3*1,3-4H2,2H3;. The Morgan fingerprint density at radius 1 is 0.667 bits per heavy atom. The molecule has 5 heteroatoms. The van der Waals surface area contributed by atoms with E-state index in [0.717, 1.165) is 12.8 Å². The van der Waals surface area contributed by atoms with Crippen LogP contribution in [-0.4, -0.2) is 36.8 Å². The summed E-state index contributed by atoms with van der Waals surface area (Å²) in [6.07, 6.45) is 22.9. The van der Waals surface area contributed by atoms with Crippen LogP contribution >= 0.6 is 0 Å². The van der Waals surface area contributed by atoms with Gasteiger partial charge < -0.3 is 9.84 Å². The van der Waals surface area contributed by atoms with E-state index < -0.39 is 31.7 Å². The van der Waals surface area contributed by atoms with Crippen molar-refractivity contribution in [2.24, 2.45) is 0 Å². The van der Waals surface area contributed by atoms with Gasteiger partial charge in [-0.1, -0.05) is 51.9 Å². The van der Waals surface area contributed by atoms with E-state index in [2.05, 4.69) is 27.7 Å². The second kappa shape index (κ2) is 29.5. The normalized spacial score (nSPS) is 10.9. The molecule has 1 radical (unpaired) electrons. The Labute approximate surface area is 213 Å². The monoisotopic (exact) mass is 575 g/mol. The molecule has 0 aliphatic heterocycles. The number of allylic oxidation sites excluding steroid dienone is 1. The predicted molar refractivity (Wildman–Crippen MR) is 144 cm³/mol. The number of hydrogen-bond donors (Lipinski definition) is 1. The molecule has 195 valence electrons. The Morgan fingerprint density at radius 3 is 1.58 bits per heavy atom. The molecule has 0 spiro atoms. The van der Waals surface area contributed by atoms with Crippen LogP contribution in [0.15, 0.2) is 12.3 Å². The third-order valence-corrected chi connectivity index (χ3v) is 14.8. The number of esters is 1. The van der Waals surface area contributed by atoms with Crippen molar-refractivity contribution in [3.05, 3.63) is 12.3 Å². The molecule has 0 bridgehead atoms. The first-order valence-electron chi connectivity index (χ1n) is 13.9. The molecule has 0 unspecified atom stereocenters. The van der Waals surface area contributed by atoms with Crippen molar-refractivity contribution >= 4 is 31.7 Å². The van der Waals surface area contributed by atoms with Gasteiger partial charge in [-0.15, -0.1) is 0 Å². The minimum absolute atomic E-state index is 0.0720. The molecular weight excluding hydrogens is 519 g/mol. The molecule has 1 N–H and O–H groups in total. The molecule has 0 heterocycles. The summed E-state index contributed by atoms with van der Waals surface area (Å²) in [5, 5.41) is 8.40. The van der Waals surface area contributed by atoms with Gasteiger partial charge in [-0.2, -0.15) is 0 Å². The molecule has 0 aromatic carbocycles. The van der Waals surface area contributed by atoms with E-state index in [9.17, 15) is 9.59 Å². The Kier molecular flexibility index (Phi) is 31.0. The second-order valence-electron chi connectivity index (χ2n) is 9.08. The van der Waals surface area contributed by atoms with E-state index in [1.54, 1.807) is 13.3 Å². The molecule has 33 heavy (non-hydrogen) atoms. The van der Waals surface area contributed by atoms with Crippen LogP contribution in [0.2, 0.25) is 13.3 Å². The minimum atomic E-state index is -0.982. The van der Waals surface area contributed by atoms with Crippen molar-refractivity contribution in [3.8, 4) is 0 Å². The van der Waals surface area contributed by atoms with Crippen LogP contribution in [0.1, 0.15) is 137 Å². The third kappa shape index (κ3) is 31.5. The molecule has 0 aromatic rings. The molecule has 0 rings (SSSR count). The number of unbranched alkanes of at least 4 members (excludes halogenated alkanes) is 11. The second-order valence-corrected chi connectivity index (χ2v) is 17.6. The van der Waals surface area contributed by atoms with Crippen molar-refractivity contribution in [2.45, 2.75) is 150 Å². The van der Waals surface area contributed by atoms with Crippen molar-refractivity contribution in [1.82, 2.24) is 0 Å². The molecule has 0 saturated carbocycles. The fourth-order valence-electron chi connectivity index (χ4n) is 3.51. The van der Waals surface area contributed by atoms with E-state index in [1.165, 1.54) is 89.7 Å². The van der Waals surface area contributed by atoms with Gasteiger partial charge in [-0.05, 0) is 18.9 Å². The van der Waals surface area contributed by atoms with Crippen molar-refractivity contribution < 1.29 is 19.4 Å². The molecular formula is C28H55O4Sn. The Balaban J connectivity index is 0. The number of carboxylic acid groups (broad SMARTS) is 1. The zero-order chi connectivity index (χ0) is 25.0. The molecule has 0 aliphatic carbocycles. The van der Waals surface area contributed by atoms with Crippen LogP contribution in [0.25, 0.3) is 0 Å². The fourth-order valence-corrected chi connectivity index (χ4v) is 13.0. The molecule has 4 nitrogen and oxygen atoms in total. The number of aliphatic carboxylic acids is 1. The topological polar surface area (TPSA) is 63.6 Å². The van der Waals surface area contributed by atoms with Crippen molar-refractivity contribution in [1.29, 1.82) is 0 Å². The first-order valence-corrected chi connectivity index (χ1v) is 20.0. The molecule has 0 saturated heterocycles. The Hall–Kier alpha value is -0.521. The summed E-state index contributed by atoms with van der Waals surface area (Å²) < 4.78 is 9.82. The van der Waals surface area contributed by atoms with E-state index in [-0.39, 0.29) is 12.8 Å². The average Bonchev–Trinajstić information content (AvgIpc) is 2.81. The van der Waals surface area contributed by atoms with Gasteiger partial charge in [0.2, 0.25) is 0 Å². The van der Waals surface area contributed by atoms with Crippen LogP contribution < -0.4 is 0 Å². The quantitative estimate of drug-likeness (QED) is 0.0606. The molecule has 0 fully saturated rings. The van der Waals surface area contributed by atoms with Crippen LogP contribution in [0.3, 0.4) is 0 Å². The fraction of sp³-hybridized carbons (Fsp3) is 0.857. The van der Waals surface area contributed by atoms with Gasteiger partial charge in [0.1, 0.15) is 0 Å². The van der Waals surface area contributed by atoms with Crippen molar-refractivity contribution in [3.63, 3.8) is 0 Å². The summed E-state index contributed by atoms with van der Waals surface area (Å²) in [4.78, 5) is 21.3. The maximum atomic E-state index is 11.1. The molecule has 0 atom stereocenters. The van der Waals surface area contributed by atoms with Gasteiger partial charge in [-0.3, -0.25) is 9.59 Å². The van der Waals surface area contributed by atoms with E-state index in [1.807, 2.05) is 6.08 Å². The van der Waals surface area contributed by atoms with Crippen molar-refractivity contribution in [2.75, 3.05) is 0 Å². The Morgan fingerprint density at radius 2 is 1.12 bits per heavy atom. The summed E-state index contributed by atoms with van der Waals surface area (Å²) in [6.45, 7) is 9.22. The SMILES string of the molecule is CCCCCCCCCCC=COC(=O)CCC(=O)O.CCC[CH2][Sn]([CH2]CCC)[CH2]CCC. The number of ether oxygens (including phenoxy) is 1. The van der Waals surface area contributed by atoms with Crippen LogP contribution in [0.5, 0.6) is 0 Å². The summed E-state index contributed by atoms with van der Waals surface area (Å²) in [5.41, 5.74) is 0. The van der Waals surface area contributed by atoms with Gasteiger partial charge in [-0.25, -0.2) is 0 Å². The van der Waals surface area contributed by atoms with Gasteiger partial charge >= 0.3 is 104 Å². The zero-order valence-corrected chi connectivity index (χ0v) is 25.3. The first-order chi connectivity index (χ1) is 16.0. The number of carboxylic acids is 1. The van der Waals surface area contributed by atoms with Gasteiger partial charge in [0.05, 0.1) is 19.1 Å². The summed E-state index contributed by atoms with van der Waals surface area (Å²) in [5.74, 6) is -1.47. The van der Waals surface area contributed by atoms with E-state index in [4.69, 9.17) is 9.84 Å². The maximum absolute atomic E-state index is 11.1. The average molecular weight is 574 g/mol. The third-order valence-electron chi connectivity index (χ3n) is 5.71. The Bertz CT molecular complexity index is 432. The van der Waals surface area contributed by atoms with E-state index >= 15 is 0 Å². The molecule has 0 aliphatic rings. The van der Waals surface area contributed by atoms with Gasteiger partial charge in [0.25, 0.3) is 0 Å². The van der Waals surface area contributed by atoms with Crippen LogP contribution in [0, 0.1) is 0 Å². The summed E-state index contributed by atoms with van der Waals surface area (Å²) in [6, 6.07) is 0.